The Morgan fingerprint density at radius 2 is 1.74 bits per heavy atom. The number of nitrogens with two attached hydrogens (primary N) is 1. The largest absolute Gasteiger partial charge is 0.374 e. The minimum atomic E-state index is -1.06. The molecule has 0 fully saturated rings. The van der Waals surface area contributed by atoms with Gasteiger partial charge >= 0.3 is 0 Å². The Balaban J connectivity index is 1.58. The number of rotatable bonds is 11. The van der Waals surface area contributed by atoms with Crippen molar-refractivity contribution in [1.29, 1.82) is 0 Å². The van der Waals surface area contributed by atoms with Crippen molar-refractivity contribution in [3.05, 3.63) is 83.4 Å². The lowest BCUT2D eigenvalue weighted by molar-refractivity contribution is -0.132. The van der Waals surface area contributed by atoms with Crippen molar-refractivity contribution in [2.75, 3.05) is 13.2 Å². The predicted molar refractivity (Wildman–Crippen MR) is 145 cm³/mol. The van der Waals surface area contributed by atoms with E-state index in [0.717, 1.165) is 17.0 Å². The molecule has 0 aliphatic carbocycles. The molecule has 0 bridgehead atoms. The van der Waals surface area contributed by atoms with Gasteiger partial charge in [0, 0.05) is 19.5 Å². The second-order valence-corrected chi connectivity index (χ2v) is 10.6. The van der Waals surface area contributed by atoms with Gasteiger partial charge in [-0.1, -0.05) is 60.7 Å². The summed E-state index contributed by atoms with van der Waals surface area (Å²) in [5.74, 6) is 1.05. The fourth-order valence-corrected chi connectivity index (χ4v) is 4.85. The third kappa shape index (κ3) is 6.46. The molecule has 1 unspecified atom stereocenters. The van der Waals surface area contributed by atoms with Crippen molar-refractivity contribution in [1.82, 2.24) is 25.4 Å². The zero-order valence-electron chi connectivity index (χ0n) is 22.4. The van der Waals surface area contributed by atoms with Crippen LogP contribution in [0.2, 0.25) is 0 Å². The molecule has 4 rings (SSSR count). The van der Waals surface area contributed by atoms with Crippen LogP contribution in [-0.2, 0) is 40.3 Å². The van der Waals surface area contributed by atoms with Crippen molar-refractivity contribution in [2.45, 2.75) is 64.8 Å². The number of nitrogens with one attached hydrogen (secondary N) is 2. The van der Waals surface area contributed by atoms with Crippen LogP contribution in [0.5, 0.6) is 0 Å². The quantitative estimate of drug-likeness (QED) is 0.359. The fourth-order valence-electron chi connectivity index (χ4n) is 4.85. The van der Waals surface area contributed by atoms with Crippen LogP contribution in [0.25, 0.3) is 0 Å². The molecule has 0 saturated heterocycles. The summed E-state index contributed by atoms with van der Waals surface area (Å²) in [7, 11) is 0. The van der Waals surface area contributed by atoms with Crippen LogP contribution >= 0.6 is 0 Å². The van der Waals surface area contributed by atoms with Crippen molar-refractivity contribution >= 4 is 11.8 Å². The van der Waals surface area contributed by atoms with E-state index in [-0.39, 0.29) is 18.4 Å². The Morgan fingerprint density at radius 3 is 2.37 bits per heavy atom. The Morgan fingerprint density at radius 1 is 1.08 bits per heavy atom. The van der Waals surface area contributed by atoms with Gasteiger partial charge in [0.25, 0.3) is 0 Å². The minimum Gasteiger partial charge on any atom is -0.374 e. The topological polar surface area (TPSA) is 124 Å². The standard InChI is InChI=1S/C29H38N6O3/c1-4-31-27(37)29(17-21-11-7-5-8-12-21)15-16-35-24(18-29)33-34-25(35)23(32-26(36)28(2,3)30)20-38-19-22-13-9-6-10-14-22/h5-14,23H,4,15-20,30H2,1-3H3,(H,31,37)(H,32,36)/t23-,29?/m1/s1. The third-order valence-corrected chi connectivity index (χ3v) is 6.97. The number of ether oxygens (including phenoxy) is 1. The molecule has 38 heavy (non-hydrogen) atoms. The second-order valence-electron chi connectivity index (χ2n) is 10.6. The van der Waals surface area contributed by atoms with Crippen LogP contribution in [0.4, 0.5) is 0 Å². The molecule has 9 heteroatoms. The van der Waals surface area contributed by atoms with E-state index >= 15 is 0 Å². The van der Waals surface area contributed by atoms with Gasteiger partial charge in [-0.3, -0.25) is 9.59 Å². The Hall–Kier alpha value is -3.56. The fraction of sp³-hybridized carbons (Fsp3) is 0.448. The number of hydrogen-bond acceptors (Lipinski definition) is 6. The first-order valence-electron chi connectivity index (χ1n) is 13.2. The number of carbonyl (C=O) groups is 2. The maximum Gasteiger partial charge on any atom is 0.240 e. The molecule has 202 valence electrons. The Bertz CT molecular complexity index is 1220. The molecule has 1 aromatic heterocycles. The highest BCUT2D eigenvalue weighted by Crippen LogP contribution is 2.37. The van der Waals surface area contributed by atoms with Gasteiger partial charge in [0.05, 0.1) is 24.2 Å². The van der Waals surface area contributed by atoms with E-state index in [1.54, 1.807) is 13.8 Å². The summed E-state index contributed by atoms with van der Waals surface area (Å²) < 4.78 is 8.02. The van der Waals surface area contributed by atoms with Gasteiger partial charge in [-0.05, 0) is 44.7 Å². The van der Waals surface area contributed by atoms with E-state index in [9.17, 15) is 9.59 Å². The second kappa shape index (κ2) is 11.9. The van der Waals surface area contributed by atoms with Crippen LogP contribution in [0.1, 0.15) is 56.0 Å². The first-order valence-corrected chi connectivity index (χ1v) is 13.2. The SMILES string of the molecule is CCNC(=O)C1(Cc2ccccc2)CCn2c(nnc2[C@@H](COCc2ccccc2)NC(=O)C(C)(C)N)C1. The molecule has 1 aliphatic rings. The smallest absolute Gasteiger partial charge is 0.240 e. The van der Waals surface area contributed by atoms with Crippen molar-refractivity contribution in [3.63, 3.8) is 0 Å². The Labute approximate surface area is 224 Å². The molecule has 2 heterocycles. The van der Waals surface area contributed by atoms with Crippen LogP contribution in [-0.4, -0.2) is 45.3 Å². The molecule has 4 N–H and O–H groups in total. The van der Waals surface area contributed by atoms with Crippen molar-refractivity contribution in [2.24, 2.45) is 11.1 Å². The van der Waals surface area contributed by atoms with Gasteiger partial charge in [-0.25, -0.2) is 0 Å². The summed E-state index contributed by atoms with van der Waals surface area (Å²) >= 11 is 0. The van der Waals surface area contributed by atoms with Crippen molar-refractivity contribution < 1.29 is 14.3 Å². The van der Waals surface area contributed by atoms with Crippen molar-refractivity contribution in [3.8, 4) is 0 Å². The summed E-state index contributed by atoms with van der Waals surface area (Å²) in [6.45, 7) is 6.98. The van der Waals surface area contributed by atoms with Crippen LogP contribution < -0.4 is 16.4 Å². The molecule has 2 amide bonds. The molecular weight excluding hydrogens is 480 g/mol. The summed E-state index contributed by atoms with van der Waals surface area (Å²) in [5.41, 5.74) is 6.52. The highest BCUT2D eigenvalue weighted by Gasteiger charge is 2.43. The monoisotopic (exact) mass is 518 g/mol. The average Bonchev–Trinajstić information content (AvgIpc) is 3.31. The summed E-state index contributed by atoms with van der Waals surface area (Å²) in [6, 6.07) is 19.4. The molecule has 2 atom stereocenters. The first kappa shape index (κ1) is 27.5. The van der Waals surface area contributed by atoms with E-state index in [0.29, 0.717) is 44.8 Å². The minimum absolute atomic E-state index is 0.0283. The van der Waals surface area contributed by atoms with Gasteiger partial charge < -0.3 is 25.7 Å². The highest BCUT2D eigenvalue weighted by atomic mass is 16.5. The lowest BCUT2D eigenvalue weighted by Gasteiger charge is -2.36. The number of aromatic nitrogens is 3. The molecular formula is C29H38N6O3. The van der Waals surface area contributed by atoms with Crippen LogP contribution in [0, 0.1) is 5.41 Å². The maximum absolute atomic E-state index is 13.3. The van der Waals surface area contributed by atoms with Gasteiger partial charge in [0.2, 0.25) is 11.8 Å². The zero-order chi connectivity index (χ0) is 27.2. The van der Waals surface area contributed by atoms with E-state index in [2.05, 4.69) is 33.0 Å². The zero-order valence-corrected chi connectivity index (χ0v) is 22.4. The van der Waals surface area contributed by atoms with E-state index in [1.165, 1.54) is 0 Å². The van der Waals surface area contributed by atoms with Gasteiger partial charge in [-0.2, -0.15) is 0 Å². The van der Waals surface area contributed by atoms with E-state index in [1.807, 2.05) is 60.0 Å². The number of nitrogens with zero attached hydrogens (tertiary/aromatic N) is 3. The molecule has 2 aromatic carbocycles. The van der Waals surface area contributed by atoms with Gasteiger partial charge in [0.15, 0.2) is 5.82 Å². The lowest BCUT2D eigenvalue weighted by Crippen LogP contribution is -2.51. The van der Waals surface area contributed by atoms with Gasteiger partial charge in [0.1, 0.15) is 11.9 Å². The number of benzene rings is 2. The number of fused-ring (bicyclic) bond motifs is 1. The normalized spacial score (nSPS) is 17.9. The molecule has 3 aromatic rings. The van der Waals surface area contributed by atoms with E-state index < -0.39 is 17.0 Å². The summed E-state index contributed by atoms with van der Waals surface area (Å²) in [4.78, 5) is 26.2. The molecule has 0 saturated carbocycles. The summed E-state index contributed by atoms with van der Waals surface area (Å²) in [5, 5.41) is 15.0. The molecule has 1 aliphatic heterocycles. The number of carbonyl (C=O) groups excluding carboxylic acids is 2. The predicted octanol–water partition coefficient (Wildman–Crippen LogP) is 2.70. The number of amides is 2. The number of hydrogen-bond donors (Lipinski definition) is 3. The molecule has 9 nitrogen and oxygen atoms in total. The first-order chi connectivity index (χ1) is 18.2. The highest BCUT2D eigenvalue weighted by molar-refractivity contribution is 5.85. The van der Waals surface area contributed by atoms with E-state index in [4.69, 9.17) is 10.5 Å². The van der Waals surface area contributed by atoms with Gasteiger partial charge in [-0.15, -0.1) is 10.2 Å². The molecule has 0 radical (unpaired) electrons. The lowest BCUT2D eigenvalue weighted by atomic mass is 9.73. The average molecular weight is 519 g/mol. The maximum atomic E-state index is 13.3. The van der Waals surface area contributed by atoms with Crippen LogP contribution in [0.3, 0.4) is 0 Å². The third-order valence-electron chi connectivity index (χ3n) is 6.97. The van der Waals surface area contributed by atoms with Crippen LogP contribution in [0.15, 0.2) is 60.7 Å². The molecule has 0 spiro atoms. The summed E-state index contributed by atoms with van der Waals surface area (Å²) in [6.07, 6.45) is 1.69. The Kier molecular flexibility index (Phi) is 8.58.